The smallest absolute Gasteiger partial charge is 0.335 e. The van der Waals surface area contributed by atoms with Crippen LogP contribution in [0.2, 0.25) is 0 Å². The Morgan fingerprint density at radius 3 is 2.61 bits per heavy atom. The summed E-state index contributed by atoms with van der Waals surface area (Å²) in [5, 5.41) is 60.7. The minimum Gasteiger partial charge on any atom is -0.508 e. The lowest BCUT2D eigenvalue weighted by molar-refractivity contribution is -0.309. The Bertz CT molecular complexity index is 921. The molecule has 3 aliphatic carbocycles. The van der Waals surface area contributed by atoms with Crippen molar-refractivity contribution in [3.8, 4) is 5.75 Å². The zero-order valence-corrected chi connectivity index (χ0v) is 18.4. The first-order valence-electron chi connectivity index (χ1n) is 11.7. The number of carbonyl (C=O) groups is 1. The van der Waals surface area contributed by atoms with Crippen LogP contribution in [0.4, 0.5) is 0 Å². The lowest BCUT2D eigenvalue weighted by atomic mass is 9.55. The van der Waals surface area contributed by atoms with Crippen molar-refractivity contribution in [2.24, 2.45) is 17.3 Å². The number of carboxylic acid groups (broad SMARTS) is 1. The Morgan fingerprint density at radius 2 is 1.88 bits per heavy atom. The molecule has 182 valence electrons. The summed E-state index contributed by atoms with van der Waals surface area (Å²) in [7, 11) is 0. The van der Waals surface area contributed by atoms with E-state index in [4.69, 9.17) is 9.47 Å². The van der Waals surface area contributed by atoms with E-state index < -0.39 is 54.3 Å². The van der Waals surface area contributed by atoms with Crippen molar-refractivity contribution in [2.75, 3.05) is 0 Å². The number of hydrogen-bond acceptors (Lipinski definition) is 8. The Labute approximate surface area is 191 Å². The van der Waals surface area contributed by atoms with Gasteiger partial charge in [-0.15, -0.1) is 0 Å². The van der Waals surface area contributed by atoms with E-state index in [0.717, 1.165) is 25.7 Å². The molecule has 9 heteroatoms. The van der Waals surface area contributed by atoms with E-state index in [-0.39, 0.29) is 11.7 Å². The Balaban J connectivity index is 1.36. The number of aliphatic hydroxyl groups excluding tert-OH is 4. The number of phenolic OH excluding ortho intramolecular Hbond substituents is 1. The van der Waals surface area contributed by atoms with Crippen molar-refractivity contribution in [3.63, 3.8) is 0 Å². The number of aliphatic carboxylic acids is 1. The molecule has 6 N–H and O–H groups in total. The van der Waals surface area contributed by atoms with Gasteiger partial charge >= 0.3 is 5.97 Å². The summed E-state index contributed by atoms with van der Waals surface area (Å²) in [6, 6.07) is 5.58. The van der Waals surface area contributed by atoms with Crippen molar-refractivity contribution in [1.82, 2.24) is 0 Å². The molecule has 4 aliphatic rings. The van der Waals surface area contributed by atoms with E-state index in [1.54, 1.807) is 6.07 Å². The van der Waals surface area contributed by atoms with Crippen LogP contribution >= 0.6 is 0 Å². The van der Waals surface area contributed by atoms with Gasteiger partial charge in [-0.1, -0.05) is 13.0 Å². The van der Waals surface area contributed by atoms with E-state index in [0.29, 0.717) is 18.3 Å². The van der Waals surface area contributed by atoms with E-state index in [1.165, 1.54) is 11.1 Å². The first-order valence-corrected chi connectivity index (χ1v) is 11.7. The summed E-state index contributed by atoms with van der Waals surface area (Å²) in [5.74, 6) is -0.367. The fourth-order valence-corrected chi connectivity index (χ4v) is 7.00. The van der Waals surface area contributed by atoms with Gasteiger partial charge in [0.15, 0.2) is 12.4 Å². The minimum atomic E-state index is -1.78. The fourth-order valence-electron chi connectivity index (χ4n) is 7.00. The predicted molar refractivity (Wildman–Crippen MR) is 113 cm³/mol. The van der Waals surface area contributed by atoms with Gasteiger partial charge in [0.2, 0.25) is 0 Å². The molecule has 9 nitrogen and oxygen atoms in total. The molecule has 0 spiro atoms. The molecule has 1 heterocycles. The molecular formula is C24H32O9. The highest BCUT2D eigenvalue weighted by molar-refractivity contribution is 5.73. The number of rotatable bonds is 3. The Kier molecular flexibility index (Phi) is 5.70. The number of aryl methyl sites for hydroxylation is 1. The SMILES string of the molecule is C[C@]12CC[C@@H]3c4ccc(O)cc4CC[C@@H]3[C@@H]1C[C@H](O[C@H]1O[C@@H](C(=O)O)[C@@H](O)[C@@H](O)[C@H]1O)[C@@H]2O. The molecule has 33 heavy (non-hydrogen) atoms. The van der Waals surface area contributed by atoms with Gasteiger partial charge in [0, 0.05) is 0 Å². The predicted octanol–water partition coefficient (Wildman–Crippen LogP) is 0.496. The molecular weight excluding hydrogens is 432 g/mol. The highest BCUT2D eigenvalue weighted by atomic mass is 16.7. The highest BCUT2D eigenvalue weighted by Gasteiger charge is 2.59. The summed E-state index contributed by atoms with van der Waals surface area (Å²) in [5.41, 5.74) is 2.04. The van der Waals surface area contributed by atoms with Gasteiger partial charge in [-0.25, -0.2) is 4.79 Å². The quantitative estimate of drug-likeness (QED) is 0.375. The molecule has 0 bridgehead atoms. The number of fused-ring (bicyclic) bond motifs is 5. The average molecular weight is 465 g/mol. The Morgan fingerprint density at radius 1 is 1.12 bits per heavy atom. The van der Waals surface area contributed by atoms with Crippen molar-refractivity contribution in [3.05, 3.63) is 29.3 Å². The molecule has 5 rings (SSSR count). The van der Waals surface area contributed by atoms with Gasteiger partial charge in [0.25, 0.3) is 0 Å². The van der Waals surface area contributed by atoms with Crippen molar-refractivity contribution >= 4 is 5.97 Å². The van der Waals surface area contributed by atoms with Crippen LogP contribution in [0.1, 0.15) is 49.7 Å². The second-order valence-corrected chi connectivity index (χ2v) is 10.4. The number of ether oxygens (including phenoxy) is 2. The van der Waals surface area contributed by atoms with Crippen LogP contribution in [0, 0.1) is 17.3 Å². The number of aromatic hydroxyl groups is 1. The summed E-state index contributed by atoms with van der Waals surface area (Å²) < 4.78 is 11.2. The molecule has 1 aromatic rings. The molecule has 1 saturated heterocycles. The van der Waals surface area contributed by atoms with Gasteiger partial charge in [0.1, 0.15) is 24.1 Å². The molecule has 0 aromatic heterocycles. The standard InChI is InChI=1S/C24H32O9/c1-24-7-6-13-12-5-3-11(25)8-10(12)2-4-14(13)15(24)9-16(21(24)29)32-23-19(28)17(26)18(27)20(33-23)22(30)31/h3,5,8,13-21,23,25-29H,2,4,6-7,9H2,1H3,(H,30,31)/t13-,14+,15+,16+,17-,18+,19-,20-,21+,23+,24+/m1/s1. The van der Waals surface area contributed by atoms with Gasteiger partial charge in [-0.2, -0.15) is 0 Å². The van der Waals surface area contributed by atoms with E-state index >= 15 is 0 Å². The van der Waals surface area contributed by atoms with Crippen LogP contribution in [0.25, 0.3) is 0 Å². The maximum atomic E-state index is 11.4. The number of hydrogen-bond donors (Lipinski definition) is 6. The summed E-state index contributed by atoms with van der Waals surface area (Å²) in [6.45, 7) is 2.06. The van der Waals surface area contributed by atoms with Crippen LogP contribution in [-0.2, 0) is 20.7 Å². The topological polar surface area (TPSA) is 157 Å². The van der Waals surface area contributed by atoms with Gasteiger partial charge in [-0.05, 0) is 78.5 Å². The molecule has 1 aromatic carbocycles. The molecule has 2 saturated carbocycles. The average Bonchev–Trinajstić information content (AvgIpc) is 3.03. The summed E-state index contributed by atoms with van der Waals surface area (Å²) >= 11 is 0. The highest BCUT2D eigenvalue weighted by Crippen LogP contribution is 2.61. The minimum absolute atomic E-state index is 0.157. The third-order valence-corrected chi connectivity index (χ3v) is 8.78. The van der Waals surface area contributed by atoms with Crippen LogP contribution < -0.4 is 0 Å². The largest absolute Gasteiger partial charge is 0.508 e. The molecule has 0 amide bonds. The Hall–Kier alpha value is -1.75. The molecule has 0 unspecified atom stereocenters. The third kappa shape index (κ3) is 3.57. The van der Waals surface area contributed by atoms with Crippen LogP contribution in [-0.4, -0.2) is 79.5 Å². The second-order valence-electron chi connectivity index (χ2n) is 10.4. The zero-order valence-electron chi connectivity index (χ0n) is 18.4. The van der Waals surface area contributed by atoms with Crippen molar-refractivity contribution < 1.29 is 44.9 Å². The van der Waals surface area contributed by atoms with Crippen molar-refractivity contribution in [1.29, 1.82) is 0 Å². The molecule has 3 fully saturated rings. The third-order valence-electron chi connectivity index (χ3n) is 8.78. The summed E-state index contributed by atoms with van der Waals surface area (Å²) in [4.78, 5) is 11.4. The molecule has 1 aliphatic heterocycles. The van der Waals surface area contributed by atoms with Gasteiger partial charge in [-0.3, -0.25) is 0 Å². The molecule has 11 atom stereocenters. The second kappa shape index (κ2) is 8.18. The lowest BCUT2D eigenvalue weighted by Crippen LogP contribution is -2.61. The van der Waals surface area contributed by atoms with Gasteiger partial charge < -0.3 is 40.1 Å². The van der Waals surface area contributed by atoms with Crippen LogP contribution in [0.15, 0.2) is 18.2 Å². The fraction of sp³-hybridized carbons (Fsp3) is 0.708. The normalized spacial score (nSPS) is 46.8. The maximum Gasteiger partial charge on any atom is 0.335 e. The first-order chi connectivity index (χ1) is 15.6. The van der Waals surface area contributed by atoms with E-state index in [1.807, 2.05) is 12.1 Å². The number of benzene rings is 1. The van der Waals surface area contributed by atoms with Crippen LogP contribution in [0.3, 0.4) is 0 Å². The van der Waals surface area contributed by atoms with Crippen LogP contribution in [0.5, 0.6) is 5.75 Å². The molecule has 0 radical (unpaired) electrons. The van der Waals surface area contributed by atoms with E-state index in [9.17, 15) is 35.4 Å². The lowest BCUT2D eigenvalue weighted by Gasteiger charge is -2.49. The van der Waals surface area contributed by atoms with Gasteiger partial charge in [0.05, 0.1) is 12.2 Å². The first kappa shape index (κ1) is 23.0. The number of carboxylic acids is 1. The number of aliphatic hydroxyl groups is 4. The monoisotopic (exact) mass is 464 g/mol. The van der Waals surface area contributed by atoms with Crippen molar-refractivity contribution in [2.45, 2.75) is 87.9 Å². The zero-order chi connectivity index (χ0) is 23.7. The number of phenols is 1. The summed E-state index contributed by atoms with van der Waals surface area (Å²) in [6.07, 6.45) is -5.89. The van der Waals surface area contributed by atoms with E-state index in [2.05, 4.69) is 6.92 Å². The maximum absolute atomic E-state index is 11.4.